The van der Waals surface area contributed by atoms with Gasteiger partial charge in [0.2, 0.25) is 0 Å². The zero-order valence-electron chi connectivity index (χ0n) is 12.3. The molecule has 2 aliphatic rings. The number of nitrogens with zero attached hydrogens (tertiary/aromatic N) is 1. The van der Waals surface area contributed by atoms with E-state index in [9.17, 15) is 4.79 Å². The average Bonchev–Trinajstić information content (AvgIpc) is 3.07. The number of carbonyl (C=O) groups excluding carboxylic acids is 1. The summed E-state index contributed by atoms with van der Waals surface area (Å²) in [4.78, 5) is 15.2. The van der Waals surface area contributed by atoms with Gasteiger partial charge in [-0.2, -0.15) is 0 Å². The Bertz CT molecular complexity index is 745. The lowest BCUT2D eigenvalue weighted by Gasteiger charge is -2.31. The molecule has 0 saturated carbocycles. The molecular weight excluding hydrogens is 272 g/mol. The van der Waals surface area contributed by atoms with Gasteiger partial charge in [0, 0.05) is 12.1 Å². The van der Waals surface area contributed by atoms with Crippen LogP contribution in [0.1, 0.15) is 27.9 Å². The molecule has 0 radical (unpaired) electrons. The molecule has 1 fully saturated rings. The van der Waals surface area contributed by atoms with E-state index < -0.39 is 0 Å². The predicted octanol–water partition coefficient (Wildman–Crippen LogP) is 3.18. The zero-order chi connectivity index (χ0) is 14.9. The van der Waals surface area contributed by atoms with Crippen molar-refractivity contribution in [3.8, 4) is 0 Å². The van der Waals surface area contributed by atoms with Crippen LogP contribution in [0.4, 0.5) is 5.69 Å². The van der Waals surface area contributed by atoms with E-state index in [0.717, 1.165) is 41.9 Å². The van der Waals surface area contributed by atoms with Crippen LogP contribution in [0.3, 0.4) is 0 Å². The molecule has 3 heteroatoms. The maximum absolute atomic E-state index is 13.2. The van der Waals surface area contributed by atoms with E-state index in [1.807, 2.05) is 53.4 Å². The molecule has 4 rings (SSSR count). The summed E-state index contributed by atoms with van der Waals surface area (Å²) in [6.45, 7) is 1.82. The van der Waals surface area contributed by atoms with E-state index in [1.165, 1.54) is 0 Å². The van der Waals surface area contributed by atoms with Crippen molar-refractivity contribution in [1.82, 2.24) is 5.32 Å². The number of para-hydroxylation sites is 1. The standard InChI is InChI=1S/C19H18N2O/c22-19-17-7-3-1-5-14(17)9-10-15-6-2-4-8-18(15)21(19)16-11-12-20-13-16/h1-10,16,20H,11-13H2/b10-9-. The molecule has 1 atom stereocenters. The minimum Gasteiger partial charge on any atom is -0.315 e. The summed E-state index contributed by atoms with van der Waals surface area (Å²) in [5.74, 6) is 0.0982. The third-order valence-electron chi connectivity index (χ3n) is 4.45. The normalized spacial score (nSPS) is 21.7. The Labute approximate surface area is 130 Å². The Hall–Kier alpha value is -2.39. The first-order chi connectivity index (χ1) is 10.8. The molecule has 2 aromatic rings. The fourth-order valence-electron chi connectivity index (χ4n) is 3.33. The quantitative estimate of drug-likeness (QED) is 0.875. The lowest BCUT2D eigenvalue weighted by atomic mass is 9.99. The van der Waals surface area contributed by atoms with Crippen molar-refractivity contribution in [2.24, 2.45) is 0 Å². The number of anilines is 1. The van der Waals surface area contributed by atoms with Gasteiger partial charge in [-0.3, -0.25) is 4.79 Å². The van der Waals surface area contributed by atoms with Gasteiger partial charge in [0.25, 0.3) is 5.91 Å². The molecule has 2 heterocycles. The van der Waals surface area contributed by atoms with Gasteiger partial charge >= 0.3 is 0 Å². The highest BCUT2D eigenvalue weighted by Gasteiger charge is 2.31. The zero-order valence-corrected chi connectivity index (χ0v) is 12.3. The van der Waals surface area contributed by atoms with Gasteiger partial charge in [-0.15, -0.1) is 0 Å². The van der Waals surface area contributed by atoms with E-state index in [4.69, 9.17) is 0 Å². The van der Waals surface area contributed by atoms with E-state index in [1.54, 1.807) is 0 Å². The molecular formula is C19H18N2O. The Morgan fingerprint density at radius 1 is 0.955 bits per heavy atom. The van der Waals surface area contributed by atoms with Crippen LogP contribution in [0.5, 0.6) is 0 Å². The molecule has 1 unspecified atom stereocenters. The number of rotatable bonds is 1. The molecule has 0 spiro atoms. The number of hydrogen-bond donors (Lipinski definition) is 1. The fraction of sp³-hybridized carbons (Fsp3) is 0.211. The van der Waals surface area contributed by atoms with Crippen molar-refractivity contribution >= 4 is 23.7 Å². The monoisotopic (exact) mass is 290 g/mol. The first kappa shape index (κ1) is 13.3. The van der Waals surface area contributed by atoms with Crippen LogP contribution in [-0.4, -0.2) is 25.0 Å². The minimum atomic E-state index is 0.0982. The molecule has 22 heavy (non-hydrogen) atoms. The molecule has 2 aliphatic heterocycles. The Balaban J connectivity index is 1.92. The second-order valence-electron chi connectivity index (χ2n) is 5.80. The second-order valence-corrected chi connectivity index (χ2v) is 5.80. The predicted molar refractivity (Wildman–Crippen MR) is 89.9 cm³/mol. The third-order valence-corrected chi connectivity index (χ3v) is 4.45. The summed E-state index contributed by atoms with van der Waals surface area (Å²) < 4.78 is 0. The molecule has 2 aromatic carbocycles. The second kappa shape index (κ2) is 5.43. The maximum Gasteiger partial charge on any atom is 0.259 e. The van der Waals surface area contributed by atoms with Crippen LogP contribution in [0.2, 0.25) is 0 Å². The highest BCUT2D eigenvalue weighted by atomic mass is 16.2. The minimum absolute atomic E-state index is 0.0982. The molecule has 0 bridgehead atoms. The van der Waals surface area contributed by atoms with Crippen LogP contribution >= 0.6 is 0 Å². The van der Waals surface area contributed by atoms with Crippen LogP contribution in [0.15, 0.2) is 48.5 Å². The summed E-state index contributed by atoms with van der Waals surface area (Å²) in [6, 6.07) is 16.2. The molecule has 110 valence electrons. The molecule has 0 aliphatic carbocycles. The van der Waals surface area contributed by atoms with E-state index in [2.05, 4.69) is 17.5 Å². The lowest BCUT2D eigenvalue weighted by Crippen LogP contribution is -2.42. The van der Waals surface area contributed by atoms with Crippen molar-refractivity contribution in [3.63, 3.8) is 0 Å². The van der Waals surface area contributed by atoms with Crippen LogP contribution in [0, 0.1) is 0 Å². The topological polar surface area (TPSA) is 32.3 Å². The van der Waals surface area contributed by atoms with Crippen molar-refractivity contribution in [2.45, 2.75) is 12.5 Å². The summed E-state index contributed by atoms with van der Waals surface area (Å²) >= 11 is 0. The van der Waals surface area contributed by atoms with Gasteiger partial charge in [-0.05, 0) is 36.2 Å². The van der Waals surface area contributed by atoms with Gasteiger partial charge in [0.15, 0.2) is 0 Å². The number of hydrogen-bond acceptors (Lipinski definition) is 2. The molecule has 1 saturated heterocycles. The first-order valence-electron chi connectivity index (χ1n) is 7.75. The smallest absolute Gasteiger partial charge is 0.259 e. The van der Waals surface area contributed by atoms with E-state index in [0.29, 0.717) is 0 Å². The molecule has 1 amide bonds. The Morgan fingerprint density at radius 3 is 2.50 bits per heavy atom. The highest BCUT2D eigenvalue weighted by Crippen LogP contribution is 2.31. The third kappa shape index (κ3) is 2.14. The SMILES string of the molecule is O=C1c2ccccc2/C=C\c2ccccc2N1C1CCNC1. The average molecular weight is 290 g/mol. The Kier molecular flexibility index (Phi) is 3.28. The van der Waals surface area contributed by atoms with Crippen LogP contribution in [-0.2, 0) is 0 Å². The number of fused-ring (bicyclic) bond motifs is 2. The van der Waals surface area contributed by atoms with Gasteiger partial charge in [-0.1, -0.05) is 48.6 Å². The van der Waals surface area contributed by atoms with E-state index >= 15 is 0 Å². The van der Waals surface area contributed by atoms with Gasteiger partial charge in [0.05, 0.1) is 11.7 Å². The summed E-state index contributed by atoms with van der Waals surface area (Å²) in [7, 11) is 0. The molecule has 1 N–H and O–H groups in total. The van der Waals surface area contributed by atoms with Crippen molar-refractivity contribution in [3.05, 3.63) is 65.2 Å². The molecule has 3 nitrogen and oxygen atoms in total. The summed E-state index contributed by atoms with van der Waals surface area (Å²) in [5, 5.41) is 3.37. The Morgan fingerprint density at radius 2 is 1.68 bits per heavy atom. The van der Waals surface area contributed by atoms with Gasteiger partial charge in [-0.25, -0.2) is 0 Å². The van der Waals surface area contributed by atoms with Crippen molar-refractivity contribution < 1.29 is 4.79 Å². The van der Waals surface area contributed by atoms with Crippen LogP contribution < -0.4 is 10.2 Å². The van der Waals surface area contributed by atoms with Crippen molar-refractivity contribution in [1.29, 1.82) is 0 Å². The number of carbonyl (C=O) groups is 1. The maximum atomic E-state index is 13.2. The highest BCUT2D eigenvalue weighted by molar-refractivity contribution is 6.11. The lowest BCUT2D eigenvalue weighted by molar-refractivity contribution is 0.0978. The first-order valence-corrected chi connectivity index (χ1v) is 7.75. The van der Waals surface area contributed by atoms with Gasteiger partial charge in [0.1, 0.15) is 0 Å². The van der Waals surface area contributed by atoms with Crippen LogP contribution in [0.25, 0.3) is 12.2 Å². The number of benzene rings is 2. The summed E-state index contributed by atoms with van der Waals surface area (Å²) in [6.07, 6.45) is 5.14. The van der Waals surface area contributed by atoms with E-state index in [-0.39, 0.29) is 11.9 Å². The van der Waals surface area contributed by atoms with Crippen molar-refractivity contribution in [2.75, 3.05) is 18.0 Å². The molecule has 0 aromatic heterocycles. The largest absolute Gasteiger partial charge is 0.315 e. The number of nitrogens with one attached hydrogen (secondary N) is 1. The fourth-order valence-corrected chi connectivity index (χ4v) is 3.33. The van der Waals surface area contributed by atoms with Gasteiger partial charge < -0.3 is 10.2 Å². The number of amides is 1. The summed E-state index contributed by atoms with van der Waals surface area (Å²) in [5.41, 5.74) is 3.86.